The van der Waals surface area contributed by atoms with Gasteiger partial charge in [0.2, 0.25) is 0 Å². The van der Waals surface area contributed by atoms with Crippen molar-refractivity contribution in [1.82, 2.24) is 9.97 Å². The normalized spacial score (nSPS) is 14.2. The fourth-order valence-corrected chi connectivity index (χ4v) is 2.38. The van der Waals surface area contributed by atoms with Crippen LogP contribution >= 0.6 is 0 Å². The number of fused-ring (bicyclic) bond motifs is 1. The van der Waals surface area contributed by atoms with Crippen molar-refractivity contribution in [3.63, 3.8) is 0 Å². The number of hydrogen-bond acceptors (Lipinski definition) is 5. The Hall–Kier alpha value is -1.76. The third kappa shape index (κ3) is 3.04. The molecule has 7 heteroatoms. The fourth-order valence-electron chi connectivity index (χ4n) is 2.38. The number of aliphatic hydroxyl groups excluding tert-OH is 1. The minimum Gasteiger partial charge on any atom is -0.396 e. The highest BCUT2D eigenvalue weighted by molar-refractivity contribution is 5.71. The zero-order valence-electron chi connectivity index (χ0n) is 12.0. The summed E-state index contributed by atoms with van der Waals surface area (Å²) in [4.78, 5) is 32.3. The summed E-state index contributed by atoms with van der Waals surface area (Å²) in [6.07, 6.45) is 1.58. The maximum Gasteiger partial charge on any atom is 0.327 e. The van der Waals surface area contributed by atoms with E-state index in [9.17, 15) is 9.59 Å². The quantitative estimate of drug-likeness (QED) is 0.687. The van der Waals surface area contributed by atoms with E-state index >= 15 is 0 Å². The maximum atomic E-state index is 12.0. The fraction of sp³-hybridized carbons (Fsp3) is 0.692. The predicted octanol–water partition coefficient (Wildman–Crippen LogP) is 0.0756. The summed E-state index contributed by atoms with van der Waals surface area (Å²) in [6.45, 7) is 6.32. The smallest absolute Gasteiger partial charge is 0.327 e. The lowest BCUT2D eigenvalue weighted by molar-refractivity contribution is 0.289. The SMILES string of the molecule is CC(C)CCN1CN(CCCO)c2c1[nH]c(=O)[nH]c2=O. The Morgan fingerprint density at radius 2 is 1.95 bits per heavy atom. The van der Waals surface area contributed by atoms with Crippen molar-refractivity contribution < 1.29 is 5.11 Å². The molecule has 2 heterocycles. The second-order valence-electron chi connectivity index (χ2n) is 5.53. The molecule has 2 rings (SSSR count). The molecule has 0 aliphatic carbocycles. The van der Waals surface area contributed by atoms with Crippen LogP contribution in [-0.4, -0.2) is 41.4 Å². The first-order valence-electron chi connectivity index (χ1n) is 7.00. The van der Waals surface area contributed by atoms with Crippen LogP contribution in [0.5, 0.6) is 0 Å². The molecule has 20 heavy (non-hydrogen) atoms. The molecule has 0 fully saturated rings. The molecular weight excluding hydrogens is 260 g/mol. The second-order valence-corrected chi connectivity index (χ2v) is 5.53. The number of hydrogen-bond donors (Lipinski definition) is 3. The molecule has 1 aliphatic rings. The summed E-state index contributed by atoms with van der Waals surface area (Å²) in [6, 6.07) is 0. The highest BCUT2D eigenvalue weighted by atomic mass is 16.3. The Morgan fingerprint density at radius 3 is 2.60 bits per heavy atom. The molecule has 1 aromatic heterocycles. The number of aromatic amines is 2. The van der Waals surface area contributed by atoms with Crippen molar-refractivity contribution in [2.75, 3.05) is 36.2 Å². The summed E-state index contributed by atoms with van der Waals surface area (Å²) >= 11 is 0. The zero-order valence-corrected chi connectivity index (χ0v) is 12.0. The van der Waals surface area contributed by atoms with Gasteiger partial charge < -0.3 is 14.9 Å². The summed E-state index contributed by atoms with van der Waals surface area (Å²) in [5.74, 6) is 1.15. The first-order chi connectivity index (χ1) is 9.52. The average molecular weight is 282 g/mol. The number of anilines is 2. The molecule has 0 saturated heterocycles. The molecular formula is C13H22N4O3. The van der Waals surface area contributed by atoms with Crippen LogP contribution in [0.3, 0.4) is 0 Å². The van der Waals surface area contributed by atoms with Crippen LogP contribution < -0.4 is 21.0 Å². The lowest BCUT2D eigenvalue weighted by atomic mass is 10.1. The van der Waals surface area contributed by atoms with Crippen LogP contribution in [0.15, 0.2) is 9.59 Å². The van der Waals surface area contributed by atoms with Crippen molar-refractivity contribution in [2.45, 2.75) is 26.7 Å². The van der Waals surface area contributed by atoms with E-state index in [1.807, 2.05) is 9.80 Å². The Labute approximate surface area is 117 Å². The number of aliphatic hydroxyl groups is 1. The summed E-state index contributed by atoms with van der Waals surface area (Å²) < 4.78 is 0. The van der Waals surface area contributed by atoms with Gasteiger partial charge in [-0.1, -0.05) is 13.8 Å². The van der Waals surface area contributed by atoms with Gasteiger partial charge in [-0.2, -0.15) is 0 Å². The van der Waals surface area contributed by atoms with Crippen molar-refractivity contribution in [1.29, 1.82) is 0 Å². The van der Waals surface area contributed by atoms with E-state index < -0.39 is 5.69 Å². The van der Waals surface area contributed by atoms with Gasteiger partial charge in [0.1, 0.15) is 11.5 Å². The van der Waals surface area contributed by atoms with Crippen molar-refractivity contribution in [3.05, 3.63) is 20.8 Å². The topological polar surface area (TPSA) is 92.4 Å². The van der Waals surface area contributed by atoms with E-state index in [4.69, 9.17) is 5.11 Å². The van der Waals surface area contributed by atoms with Gasteiger partial charge in [-0.3, -0.25) is 14.8 Å². The monoisotopic (exact) mass is 282 g/mol. The number of aromatic nitrogens is 2. The van der Waals surface area contributed by atoms with Gasteiger partial charge in [-0.25, -0.2) is 4.79 Å². The van der Waals surface area contributed by atoms with E-state index in [1.165, 1.54) is 0 Å². The molecule has 0 aromatic carbocycles. The number of nitrogens with one attached hydrogen (secondary N) is 2. The van der Waals surface area contributed by atoms with Gasteiger partial charge in [-0.15, -0.1) is 0 Å². The van der Waals surface area contributed by atoms with Gasteiger partial charge in [0, 0.05) is 19.7 Å². The van der Waals surface area contributed by atoms with Crippen LogP contribution in [0.4, 0.5) is 11.5 Å². The van der Waals surface area contributed by atoms with E-state index in [2.05, 4.69) is 23.8 Å². The minimum absolute atomic E-state index is 0.0824. The van der Waals surface area contributed by atoms with Gasteiger partial charge >= 0.3 is 5.69 Å². The molecule has 0 saturated carbocycles. The maximum absolute atomic E-state index is 12.0. The van der Waals surface area contributed by atoms with Gasteiger partial charge in [0.05, 0.1) is 6.67 Å². The zero-order chi connectivity index (χ0) is 14.7. The molecule has 0 bridgehead atoms. The Balaban J connectivity index is 2.28. The van der Waals surface area contributed by atoms with Crippen LogP contribution in [0, 0.1) is 5.92 Å². The van der Waals surface area contributed by atoms with Crippen LogP contribution in [0.2, 0.25) is 0 Å². The Bertz CT molecular complexity index is 563. The third-order valence-corrected chi connectivity index (χ3v) is 3.43. The second kappa shape index (κ2) is 6.13. The average Bonchev–Trinajstić information content (AvgIpc) is 2.72. The van der Waals surface area contributed by atoms with Gasteiger partial charge in [-0.05, 0) is 18.8 Å². The van der Waals surface area contributed by atoms with E-state index in [1.54, 1.807) is 0 Å². The summed E-state index contributed by atoms with van der Waals surface area (Å²) in [5, 5.41) is 8.95. The molecule has 0 radical (unpaired) electrons. The minimum atomic E-state index is -0.479. The molecule has 112 valence electrons. The molecule has 1 aromatic rings. The number of rotatable bonds is 6. The Morgan fingerprint density at radius 1 is 1.20 bits per heavy atom. The van der Waals surface area contributed by atoms with Crippen LogP contribution in [0.1, 0.15) is 26.7 Å². The van der Waals surface area contributed by atoms with E-state index in [0.29, 0.717) is 37.1 Å². The molecule has 0 amide bonds. The third-order valence-electron chi connectivity index (χ3n) is 3.43. The molecule has 0 spiro atoms. The van der Waals surface area contributed by atoms with Crippen LogP contribution in [0.25, 0.3) is 0 Å². The van der Waals surface area contributed by atoms with Gasteiger partial charge in [0.15, 0.2) is 0 Å². The predicted molar refractivity (Wildman–Crippen MR) is 78.4 cm³/mol. The number of H-pyrrole nitrogens is 2. The van der Waals surface area contributed by atoms with Gasteiger partial charge in [0.25, 0.3) is 5.56 Å². The van der Waals surface area contributed by atoms with Crippen LogP contribution in [-0.2, 0) is 0 Å². The van der Waals surface area contributed by atoms with E-state index in [0.717, 1.165) is 13.0 Å². The molecule has 0 atom stereocenters. The number of nitrogens with zero attached hydrogens (tertiary/aromatic N) is 2. The van der Waals surface area contributed by atoms with Crippen molar-refractivity contribution in [3.8, 4) is 0 Å². The lowest BCUT2D eigenvalue weighted by Crippen LogP contribution is -2.34. The van der Waals surface area contributed by atoms with Crippen molar-refractivity contribution >= 4 is 11.5 Å². The van der Waals surface area contributed by atoms with E-state index in [-0.39, 0.29) is 12.2 Å². The molecule has 1 aliphatic heterocycles. The Kier molecular flexibility index (Phi) is 4.49. The largest absolute Gasteiger partial charge is 0.396 e. The summed E-state index contributed by atoms with van der Waals surface area (Å²) in [5.41, 5.74) is -0.345. The first kappa shape index (κ1) is 14.6. The van der Waals surface area contributed by atoms with Crippen molar-refractivity contribution in [2.24, 2.45) is 5.92 Å². The molecule has 3 N–H and O–H groups in total. The summed E-state index contributed by atoms with van der Waals surface area (Å²) in [7, 11) is 0. The lowest BCUT2D eigenvalue weighted by Gasteiger charge is -2.21. The standard InChI is InChI=1S/C13H22N4O3/c1-9(2)4-6-17-8-16(5-3-7-18)10-11(17)14-13(20)15-12(10)19/h9,18H,3-8H2,1-2H3,(H2,14,15,19,20). The first-order valence-corrected chi connectivity index (χ1v) is 7.00. The highest BCUT2D eigenvalue weighted by Crippen LogP contribution is 2.29. The molecule has 7 nitrogen and oxygen atoms in total. The molecule has 0 unspecified atom stereocenters. The highest BCUT2D eigenvalue weighted by Gasteiger charge is 2.29.